The molecule has 1 aromatic heterocycles. The quantitative estimate of drug-likeness (QED) is 0.153. The van der Waals surface area contributed by atoms with Gasteiger partial charge in [0.15, 0.2) is 5.13 Å². The number of aromatic nitrogens is 1. The van der Waals surface area contributed by atoms with Crippen LogP contribution in [0.2, 0.25) is 10.0 Å². The van der Waals surface area contributed by atoms with Crippen LogP contribution in [0.3, 0.4) is 0 Å². The number of nitrogens with zero attached hydrogens (tertiary/aromatic N) is 1. The Morgan fingerprint density at radius 3 is 2.54 bits per heavy atom. The van der Waals surface area contributed by atoms with Crippen LogP contribution in [0.4, 0.5) is 9.52 Å². The van der Waals surface area contributed by atoms with Gasteiger partial charge < -0.3 is 9.84 Å². The fraction of sp³-hybridized carbons (Fsp3) is 0.345. The van der Waals surface area contributed by atoms with E-state index < -0.39 is 11.9 Å². The molecule has 0 aliphatic carbocycles. The van der Waals surface area contributed by atoms with Crippen LogP contribution in [0, 0.1) is 5.82 Å². The molecule has 1 atom stereocenters. The third-order valence-electron chi connectivity index (χ3n) is 6.10. The first-order chi connectivity index (χ1) is 18.7. The standard InChI is InChI=1S/C29H31Cl2FN2O4S/c1-4-6-7-8-12-38-25(5-2)20-11-9-10-19(26(20)32)24-16-39-29(33-24)34-27(35)18-14-22(30)21(23(31)15-18)13-17(3)28(36)37/h9-11,13-16,25H,4-8,12H2,1-3H3,(H,36,37)(H,33,34,35)/b17-13+. The number of carboxylic acid groups (broad SMARTS) is 1. The Hall–Kier alpha value is -2.78. The summed E-state index contributed by atoms with van der Waals surface area (Å²) in [5.41, 5.74) is 1.73. The fourth-order valence-electron chi connectivity index (χ4n) is 3.93. The van der Waals surface area contributed by atoms with Crippen LogP contribution >= 0.6 is 34.5 Å². The maximum absolute atomic E-state index is 15.6. The van der Waals surface area contributed by atoms with Crippen molar-refractivity contribution < 1.29 is 23.8 Å². The molecule has 0 bridgehead atoms. The van der Waals surface area contributed by atoms with Crippen molar-refractivity contribution in [3.8, 4) is 11.3 Å². The predicted molar refractivity (Wildman–Crippen MR) is 156 cm³/mol. The molecule has 2 aromatic carbocycles. The monoisotopic (exact) mass is 592 g/mol. The third-order valence-corrected chi connectivity index (χ3v) is 7.49. The lowest BCUT2D eigenvalue weighted by atomic mass is 10.0. The van der Waals surface area contributed by atoms with Crippen LogP contribution in [-0.2, 0) is 9.53 Å². The molecular weight excluding hydrogens is 562 g/mol. The zero-order valence-corrected chi connectivity index (χ0v) is 24.4. The largest absolute Gasteiger partial charge is 0.478 e. The number of amides is 1. The Kier molecular flexibility index (Phi) is 11.5. The minimum atomic E-state index is -1.11. The van der Waals surface area contributed by atoms with Crippen LogP contribution in [0.25, 0.3) is 17.3 Å². The highest BCUT2D eigenvalue weighted by Gasteiger charge is 2.20. The number of anilines is 1. The van der Waals surface area contributed by atoms with Crippen molar-refractivity contribution in [1.29, 1.82) is 0 Å². The molecule has 1 heterocycles. The van der Waals surface area contributed by atoms with E-state index in [9.17, 15) is 9.59 Å². The summed E-state index contributed by atoms with van der Waals surface area (Å²) in [6, 6.07) is 7.96. The van der Waals surface area contributed by atoms with Gasteiger partial charge in [-0.15, -0.1) is 11.3 Å². The molecule has 3 aromatic rings. The fourth-order valence-corrected chi connectivity index (χ4v) is 5.24. The molecule has 0 radical (unpaired) electrons. The van der Waals surface area contributed by atoms with E-state index >= 15 is 4.39 Å². The molecule has 208 valence electrons. The molecule has 39 heavy (non-hydrogen) atoms. The van der Waals surface area contributed by atoms with Gasteiger partial charge in [-0.05, 0) is 44.0 Å². The van der Waals surface area contributed by atoms with Crippen molar-refractivity contribution in [3.05, 3.63) is 73.8 Å². The number of thiazole rings is 1. The van der Waals surface area contributed by atoms with Gasteiger partial charge in [-0.3, -0.25) is 10.1 Å². The van der Waals surface area contributed by atoms with Crippen molar-refractivity contribution in [1.82, 2.24) is 4.98 Å². The zero-order chi connectivity index (χ0) is 28.5. The number of benzene rings is 2. The van der Waals surface area contributed by atoms with Gasteiger partial charge >= 0.3 is 5.97 Å². The molecule has 0 aliphatic rings. The van der Waals surface area contributed by atoms with Gasteiger partial charge in [0.25, 0.3) is 5.91 Å². The highest BCUT2D eigenvalue weighted by Crippen LogP contribution is 2.34. The molecule has 0 saturated carbocycles. The summed E-state index contributed by atoms with van der Waals surface area (Å²) >= 11 is 13.7. The Labute approximate surface area is 241 Å². The number of carbonyl (C=O) groups is 2. The number of hydrogen-bond acceptors (Lipinski definition) is 5. The molecule has 6 nitrogen and oxygen atoms in total. The summed E-state index contributed by atoms with van der Waals surface area (Å²) in [6.45, 7) is 6.12. The summed E-state index contributed by atoms with van der Waals surface area (Å²) < 4.78 is 21.5. The Bertz CT molecular complexity index is 1340. The lowest BCUT2D eigenvalue weighted by molar-refractivity contribution is -0.132. The summed E-state index contributed by atoms with van der Waals surface area (Å²) in [5, 5.41) is 14.0. The second-order valence-corrected chi connectivity index (χ2v) is 10.7. The maximum Gasteiger partial charge on any atom is 0.331 e. The first-order valence-corrected chi connectivity index (χ1v) is 14.4. The van der Waals surface area contributed by atoms with Crippen molar-refractivity contribution in [2.24, 2.45) is 0 Å². The van der Waals surface area contributed by atoms with Crippen LogP contribution in [0.1, 0.15) is 80.5 Å². The van der Waals surface area contributed by atoms with E-state index in [0.29, 0.717) is 35.4 Å². The van der Waals surface area contributed by atoms with Gasteiger partial charge in [0.2, 0.25) is 0 Å². The molecule has 0 fully saturated rings. The minimum Gasteiger partial charge on any atom is -0.478 e. The lowest BCUT2D eigenvalue weighted by Gasteiger charge is -2.18. The highest BCUT2D eigenvalue weighted by molar-refractivity contribution is 7.14. The topological polar surface area (TPSA) is 88.5 Å². The average molecular weight is 594 g/mol. The van der Waals surface area contributed by atoms with E-state index in [1.807, 2.05) is 6.92 Å². The van der Waals surface area contributed by atoms with Crippen LogP contribution in [0.15, 0.2) is 41.3 Å². The molecule has 3 rings (SSSR count). The van der Waals surface area contributed by atoms with Crippen LogP contribution < -0.4 is 5.32 Å². The molecule has 1 amide bonds. The second-order valence-electron chi connectivity index (χ2n) is 9.02. The van der Waals surface area contributed by atoms with Gasteiger partial charge in [-0.25, -0.2) is 14.2 Å². The first kappa shape index (κ1) is 30.8. The second kappa shape index (κ2) is 14.6. The van der Waals surface area contributed by atoms with Gasteiger partial charge in [0.1, 0.15) is 5.82 Å². The Balaban J connectivity index is 1.75. The van der Waals surface area contributed by atoms with Gasteiger partial charge in [-0.1, -0.05) is 68.4 Å². The van der Waals surface area contributed by atoms with E-state index in [1.165, 1.54) is 25.1 Å². The number of rotatable bonds is 13. The van der Waals surface area contributed by atoms with E-state index in [2.05, 4.69) is 17.2 Å². The number of carboxylic acids is 1. The van der Waals surface area contributed by atoms with Crippen molar-refractivity contribution in [3.63, 3.8) is 0 Å². The Morgan fingerprint density at radius 2 is 1.90 bits per heavy atom. The van der Waals surface area contributed by atoms with Crippen molar-refractivity contribution >= 4 is 57.6 Å². The average Bonchev–Trinajstić information content (AvgIpc) is 3.36. The van der Waals surface area contributed by atoms with Crippen molar-refractivity contribution in [2.45, 2.75) is 59.0 Å². The van der Waals surface area contributed by atoms with Crippen molar-refractivity contribution in [2.75, 3.05) is 11.9 Å². The summed E-state index contributed by atoms with van der Waals surface area (Å²) in [5.74, 6) is -2.01. The van der Waals surface area contributed by atoms with E-state index in [0.717, 1.165) is 37.0 Å². The molecule has 0 spiro atoms. The number of carbonyl (C=O) groups excluding carboxylic acids is 1. The number of hydrogen-bond donors (Lipinski definition) is 2. The SMILES string of the molecule is CCCCCCOC(CC)c1cccc(-c2csc(NC(=O)c3cc(Cl)c(/C=C(\C)C(=O)O)c(Cl)c3)n2)c1F. The molecule has 0 saturated heterocycles. The lowest BCUT2D eigenvalue weighted by Crippen LogP contribution is -2.12. The first-order valence-electron chi connectivity index (χ1n) is 12.7. The van der Waals surface area contributed by atoms with E-state index in [1.54, 1.807) is 23.6 Å². The number of halogens is 3. The zero-order valence-electron chi connectivity index (χ0n) is 22.0. The normalized spacial score (nSPS) is 12.4. The Morgan fingerprint density at radius 1 is 1.18 bits per heavy atom. The molecule has 10 heteroatoms. The summed E-state index contributed by atoms with van der Waals surface area (Å²) in [4.78, 5) is 28.4. The number of ether oxygens (including phenoxy) is 1. The molecule has 0 aliphatic heterocycles. The van der Waals surface area contributed by atoms with E-state index in [-0.39, 0.29) is 38.2 Å². The number of nitrogens with one attached hydrogen (secondary N) is 1. The summed E-state index contributed by atoms with van der Waals surface area (Å²) in [6.07, 6.45) is 5.96. The minimum absolute atomic E-state index is 0.0476. The highest BCUT2D eigenvalue weighted by atomic mass is 35.5. The molecule has 1 unspecified atom stereocenters. The molecule has 2 N–H and O–H groups in total. The van der Waals surface area contributed by atoms with Gasteiger partial charge in [0.05, 0.1) is 21.8 Å². The number of aliphatic carboxylic acids is 1. The van der Waals surface area contributed by atoms with Crippen LogP contribution in [-0.4, -0.2) is 28.6 Å². The third kappa shape index (κ3) is 8.11. The molecular formula is C29H31Cl2FN2O4S. The predicted octanol–water partition coefficient (Wildman–Crippen LogP) is 9.04. The van der Waals surface area contributed by atoms with Gasteiger partial charge in [0, 0.05) is 39.8 Å². The van der Waals surface area contributed by atoms with Crippen LogP contribution in [0.5, 0.6) is 0 Å². The summed E-state index contributed by atoms with van der Waals surface area (Å²) in [7, 11) is 0. The number of unbranched alkanes of at least 4 members (excludes halogenated alkanes) is 3. The van der Waals surface area contributed by atoms with Gasteiger partial charge in [-0.2, -0.15) is 0 Å². The smallest absolute Gasteiger partial charge is 0.331 e. The van der Waals surface area contributed by atoms with E-state index in [4.69, 9.17) is 33.0 Å². The maximum atomic E-state index is 15.6.